The summed E-state index contributed by atoms with van der Waals surface area (Å²) in [7, 11) is -19.3. The largest absolute Gasteiger partial charge is 0.398 e. The second-order valence-corrected chi connectivity index (χ2v) is 18.1. The molecule has 1 aliphatic rings. The van der Waals surface area contributed by atoms with Crippen LogP contribution in [0.4, 0.5) is 11.4 Å². The van der Waals surface area contributed by atoms with Crippen molar-refractivity contribution in [3.05, 3.63) is 52.6 Å². The summed E-state index contributed by atoms with van der Waals surface area (Å²) in [4.78, 5) is -2.03. The molecule has 1 atom stereocenters. The van der Waals surface area contributed by atoms with Crippen molar-refractivity contribution in [1.29, 1.82) is 0 Å². The normalized spacial score (nSPS) is 16.4. The molecule has 15 nitrogen and oxygen atoms in total. The zero-order chi connectivity index (χ0) is 34.4. The molecule has 0 saturated heterocycles. The number of nitrogens with two attached hydrogens (primary N) is 1. The van der Waals surface area contributed by atoms with Crippen LogP contribution in [-0.4, -0.2) is 63.4 Å². The highest BCUT2D eigenvalue weighted by atomic mass is 32.2. The summed E-state index contributed by atoms with van der Waals surface area (Å²) in [6.45, 7) is 3.32. The minimum Gasteiger partial charge on any atom is -0.398 e. The molecule has 0 amide bonds. The molecular weight excluding hydrogens is 727 g/mol. The lowest BCUT2D eigenvalue weighted by Crippen LogP contribution is -2.10. The average molecular weight is 754 g/mol. The quantitative estimate of drug-likeness (QED) is 0.0595. The van der Waals surface area contributed by atoms with Crippen molar-refractivity contribution in [2.24, 2.45) is 10.2 Å². The molecule has 0 aliphatic carbocycles. The van der Waals surface area contributed by atoms with Crippen LogP contribution in [0.25, 0.3) is 10.8 Å². The molecule has 3 aromatic carbocycles. The Kier molecular flexibility index (Phi) is 10.3. The van der Waals surface area contributed by atoms with E-state index in [0.717, 1.165) is 23.9 Å². The molecule has 0 radical (unpaired) electrons. The molecular formula is C25H27N3O12S6. The molecule has 0 fully saturated rings. The van der Waals surface area contributed by atoms with Gasteiger partial charge in [0.1, 0.15) is 9.92 Å². The van der Waals surface area contributed by atoms with E-state index in [1.807, 2.05) is 0 Å². The Morgan fingerprint density at radius 3 is 2.11 bits per heavy atom. The van der Waals surface area contributed by atoms with Crippen molar-refractivity contribution >= 4 is 86.1 Å². The number of aryl methyl sites for hydroxylation is 1. The molecule has 1 aliphatic heterocycles. The number of fused-ring (bicyclic) bond motifs is 3. The number of nitrogens with zero attached hydrogens (tertiary/aromatic N) is 2. The molecule has 1 heterocycles. The number of anilines is 1. The van der Waals surface area contributed by atoms with Crippen molar-refractivity contribution in [1.82, 2.24) is 0 Å². The Labute approximate surface area is 273 Å². The fourth-order valence-electron chi connectivity index (χ4n) is 4.62. The van der Waals surface area contributed by atoms with Gasteiger partial charge in [0, 0.05) is 20.9 Å². The Balaban J connectivity index is 1.85. The number of thioether (sulfide) groups is 2. The monoisotopic (exact) mass is 753 g/mol. The van der Waals surface area contributed by atoms with Crippen molar-refractivity contribution in [3.8, 4) is 0 Å². The molecule has 0 spiro atoms. The van der Waals surface area contributed by atoms with Gasteiger partial charge in [-0.05, 0) is 84.4 Å². The second-order valence-electron chi connectivity index (χ2n) is 10.2. The number of rotatable bonds is 10. The third-order valence-electron chi connectivity index (χ3n) is 6.73. The summed E-state index contributed by atoms with van der Waals surface area (Å²) >= 11 is 2.03. The van der Waals surface area contributed by atoms with E-state index in [-0.39, 0.29) is 33.7 Å². The van der Waals surface area contributed by atoms with E-state index in [1.165, 1.54) is 11.8 Å². The molecule has 0 saturated carbocycles. The van der Waals surface area contributed by atoms with Gasteiger partial charge in [0.2, 0.25) is 0 Å². The first-order chi connectivity index (χ1) is 21.1. The highest BCUT2D eigenvalue weighted by Crippen LogP contribution is 2.48. The first-order valence-electron chi connectivity index (χ1n) is 12.9. The maximum atomic E-state index is 12.5. The van der Waals surface area contributed by atoms with Gasteiger partial charge in [0.05, 0.1) is 21.2 Å². The van der Waals surface area contributed by atoms with Crippen LogP contribution in [0, 0.1) is 6.92 Å². The number of hydrogen-bond acceptors (Lipinski definition) is 13. The first kappa shape index (κ1) is 36.2. The van der Waals surface area contributed by atoms with Crippen molar-refractivity contribution in [3.63, 3.8) is 0 Å². The topological polar surface area (TPSA) is 268 Å². The van der Waals surface area contributed by atoms with Crippen LogP contribution in [0.5, 0.6) is 0 Å². The lowest BCUT2D eigenvalue weighted by molar-refractivity contribution is 0.477. The predicted molar refractivity (Wildman–Crippen MR) is 172 cm³/mol. The third-order valence-corrected chi connectivity index (χ3v) is 12.4. The average Bonchev–Trinajstić information content (AvgIpc) is 3.07. The van der Waals surface area contributed by atoms with Crippen LogP contribution in [0.1, 0.15) is 36.8 Å². The van der Waals surface area contributed by atoms with Gasteiger partial charge in [0.25, 0.3) is 40.5 Å². The van der Waals surface area contributed by atoms with Crippen LogP contribution >= 0.6 is 23.5 Å². The summed E-state index contributed by atoms with van der Waals surface area (Å²) in [5.74, 6) is -0.752. The molecule has 3 aromatic rings. The maximum absolute atomic E-state index is 12.5. The molecule has 46 heavy (non-hydrogen) atoms. The van der Waals surface area contributed by atoms with Crippen LogP contribution in [0.15, 0.2) is 76.1 Å². The number of hydrogen-bond donors (Lipinski definition) is 5. The molecule has 250 valence electrons. The molecule has 0 aromatic heterocycles. The standard InChI is InChI=1S/C25H27N3O12S6/c1-13-4-5-23(28-27-19-12-20(18(26)8-14(19)2)41-6-3-7-43(29,30)31)42-25-17-9-15(44(32,33)34)10-21(45(35,36)37)16(17)11-22(24(13)25)46(38,39)40/h5,8-13H,3-4,6-7,26H2,1-2H3,(H,29,30,31)(H,32,33,34)(H,35,36,37)(H,38,39,40)/t13-/m1/s1. The summed E-state index contributed by atoms with van der Waals surface area (Å²) in [5, 5.41) is 8.14. The molecule has 21 heteroatoms. The van der Waals surface area contributed by atoms with E-state index in [1.54, 1.807) is 32.1 Å². The van der Waals surface area contributed by atoms with E-state index < -0.39 is 72.2 Å². The predicted octanol–water partition coefficient (Wildman–Crippen LogP) is 5.07. The van der Waals surface area contributed by atoms with Crippen LogP contribution in [-0.2, 0) is 40.5 Å². The van der Waals surface area contributed by atoms with Gasteiger partial charge in [-0.25, -0.2) is 0 Å². The summed E-state index contributed by atoms with van der Waals surface area (Å²) < 4.78 is 134. The van der Waals surface area contributed by atoms with Gasteiger partial charge in [0.15, 0.2) is 0 Å². The SMILES string of the molecule is Cc1cc(N)c(SCCCS(=O)(=O)O)cc1N=NC1=CC[C@@H](C)c2c(S(=O)(=O)O)cc3c(S(=O)(=O)O)cc(S(=O)(=O)O)cc3c2S1. The Morgan fingerprint density at radius 1 is 0.870 bits per heavy atom. The highest BCUT2D eigenvalue weighted by Gasteiger charge is 2.31. The van der Waals surface area contributed by atoms with Gasteiger partial charge in [-0.2, -0.15) is 33.7 Å². The number of azo groups is 1. The first-order valence-corrected chi connectivity index (χ1v) is 20.6. The second kappa shape index (κ2) is 13.1. The van der Waals surface area contributed by atoms with E-state index in [9.17, 15) is 47.3 Å². The molecule has 6 N–H and O–H groups in total. The Morgan fingerprint density at radius 2 is 1.52 bits per heavy atom. The minimum absolute atomic E-state index is 0.0140. The lowest BCUT2D eigenvalue weighted by Gasteiger charge is -2.19. The van der Waals surface area contributed by atoms with Gasteiger partial charge in [-0.15, -0.1) is 22.0 Å². The van der Waals surface area contributed by atoms with Crippen molar-refractivity contribution in [2.45, 2.75) is 57.1 Å². The summed E-state index contributed by atoms with van der Waals surface area (Å²) in [6, 6.07) is 5.45. The molecule has 0 unspecified atom stereocenters. The van der Waals surface area contributed by atoms with Gasteiger partial charge in [-0.1, -0.05) is 18.7 Å². The fourth-order valence-corrected chi connectivity index (χ4v) is 9.65. The Bertz CT molecular complexity index is 2250. The van der Waals surface area contributed by atoms with Crippen LogP contribution in [0.2, 0.25) is 0 Å². The van der Waals surface area contributed by atoms with E-state index in [0.29, 0.717) is 33.7 Å². The molecule has 0 bridgehead atoms. The summed E-state index contributed by atoms with van der Waals surface area (Å²) in [5.41, 5.74) is 7.50. The minimum atomic E-state index is -5.18. The fraction of sp³-hybridized carbons (Fsp3) is 0.280. The lowest BCUT2D eigenvalue weighted by atomic mass is 9.95. The summed E-state index contributed by atoms with van der Waals surface area (Å²) in [6.07, 6.45) is 1.92. The van der Waals surface area contributed by atoms with Crippen molar-refractivity contribution in [2.75, 3.05) is 17.2 Å². The van der Waals surface area contributed by atoms with E-state index in [4.69, 9.17) is 10.3 Å². The maximum Gasteiger partial charge on any atom is 0.295 e. The zero-order valence-electron chi connectivity index (χ0n) is 23.8. The molecule has 4 rings (SSSR count). The van der Waals surface area contributed by atoms with Gasteiger partial charge >= 0.3 is 0 Å². The van der Waals surface area contributed by atoms with Crippen LogP contribution in [0.3, 0.4) is 0 Å². The third kappa shape index (κ3) is 8.45. The van der Waals surface area contributed by atoms with Gasteiger partial charge in [-0.3, -0.25) is 18.2 Å². The Hall–Kier alpha value is -2.60. The number of benzene rings is 3. The zero-order valence-corrected chi connectivity index (χ0v) is 28.7. The van der Waals surface area contributed by atoms with E-state index >= 15 is 0 Å². The number of allylic oxidation sites excluding steroid dienone is 1. The smallest absolute Gasteiger partial charge is 0.295 e. The highest BCUT2D eigenvalue weighted by molar-refractivity contribution is 8.03. The number of nitrogen functional groups attached to an aromatic ring is 1. The van der Waals surface area contributed by atoms with E-state index in [2.05, 4.69) is 10.2 Å². The van der Waals surface area contributed by atoms with Crippen molar-refractivity contribution < 1.29 is 51.9 Å². The van der Waals surface area contributed by atoms with Crippen LogP contribution < -0.4 is 5.73 Å². The van der Waals surface area contributed by atoms with Gasteiger partial charge < -0.3 is 5.73 Å².